The van der Waals surface area contributed by atoms with Crippen LogP contribution in [0.4, 0.5) is 11.4 Å². The molecule has 0 bridgehead atoms. The monoisotopic (exact) mass is 307 g/mol. The molecule has 0 radical (unpaired) electrons. The number of halogens is 2. The molecule has 0 fully saturated rings. The van der Waals surface area contributed by atoms with Crippen LogP contribution in [0.15, 0.2) is 36.4 Å². The first-order chi connectivity index (χ1) is 9.65. The second kappa shape index (κ2) is 5.51. The Kier molecular flexibility index (Phi) is 3.72. The third-order valence-corrected chi connectivity index (χ3v) is 4.10. The second-order valence-electron chi connectivity index (χ2n) is 4.96. The summed E-state index contributed by atoms with van der Waals surface area (Å²) >= 11 is 12.0. The lowest BCUT2D eigenvalue weighted by Crippen LogP contribution is -2.41. The largest absolute Gasteiger partial charge is 0.381 e. The SMILES string of the molecule is CC1CNc2ccccc2N1Cc1ccc(Cl)nc1Cl. The summed E-state index contributed by atoms with van der Waals surface area (Å²) in [6, 6.07) is 12.4. The number of aromatic nitrogens is 1. The van der Waals surface area contributed by atoms with Crippen molar-refractivity contribution in [3.05, 3.63) is 52.3 Å². The van der Waals surface area contributed by atoms with Gasteiger partial charge in [-0.3, -0.25) is 0 Å². The normalized spacial score (nSPS) is 17.6. The molecule has 2 heterocycles. The lowest BCUT2D eigenvalue weighted by molar-refractivity contribution is 0.640. The number of pyridine rings is 1. The maximum atomic E-state index is 6.19. The van der Waals surface area contributed by atoms with E-state index in [2.05, 4.69) is 34.3 Å². The Labute approximate surface area is 128 Å². The van der Waals surface area contributed by atoms with Gasteiger partial charge in [0.25, 0.3) is 0 Å². The van der Waals surface area contributed by atoms with Gasteiger partial charge >= 0.3 is 0 Å². The Morgan fingerprint density at radius 1 is 1.25 bits per heavy atom. The van der Waals surface area contributed by atoms with E-state index >= 15 is 0 Å². The van der Waals surface area contributed by atoms with E-state index < -0.39 is 0 Å². The molecule has 0 saturated carbocycles. The maximum Gasteiger partial charge on any atom is 0.135 e. The van der Waals surface area contributed by atoms with Crippen molar-refractivity contribution >= 4 is 34.6 Å². The van der Waals surface area contributed by atoms with E-state index in [-0.39, 0.29) is 0 Å². The number of rotatable bonds is 2. The standard InChI is InChI=1S/C15H15Cl2N3/c1-10-8-18-12-4-2-3-5-13(12)20(10)9-11-6-7-14(16)19-15(11)17/h2-7,10,18H,8-9H2,1H3. The van der Waals surface area contributed by atoms with Crippen molar-refractivity contribution in [2.45, 2.75) is 19.5 Å². The minimum absolute atomic E-state index is 0.386. The molecule has 1 aromatic heterocycles. The molecule has 1 aliphatic rings. The van der Waals surface area contributed by atoms with Crippen molar-refractivity contribution in [3.8, 4) is 0 Å². The molecule has 104 valence electrons. The molecular formula is C15H15Cl2N3. The molecule has 1 aromatic carbocycles. The van der Waals surface area contributed by atoms with Gasteiger partial charge in [0.2, 0.25) is 0 Å². The van der Waals surface area contributed by atoms with Crippen LogP contribution < -0.4 is 10.2 Å². The number of fused-ring (bicyclic) bond motifs is 1. The van der Waals surface area contributed by atoms with Gasteiger partial charge in [-0.2, -0.15) is 0 Å². The van der Waals surface area contributed by atoms with Crippen LogP contribution in [0.3, 0.4) is 0 Å². The fraction of sp³-hybridized carbons (Fsp3) is 0.267. The molecule has 1 aliphatic heterocycles. The van der Waals surface area contributed by atoms with Gasteiger partial charge in [0.05, 0.1) is 11.4 Å². The summed E-state index contributed by atoms with van der Waals surface area (Å²) in [5.41, 5.74) is 3.33. The van der Waals surface area contributed by atoms with Gasteiger partial charge in [0.1, 0.15) is 10.3 Å². The van der Waals surface area contributed by atoms with Crippen LogP contribution in [0, 0.1) is 0 Å². The highest BCUT2D eigenvalue weighted by Crippen LogP contribution is 2.33. The summed E-state index contributed by atoms with van der Waals surface area (Å²) in [6.45, 7) is 3.83. The van der Waals surface area contributed by atoms with E-state index in [4.69, 9.17) is 23.2 Å². The van der Waals surface area contributed by atoms with Crippen molar-refractivity contribution in [1.82, 2.24) is 4.98 Å². The molecule has 0 amide bonds. The third-order valence-electron chi connectivity index (χ3n) is 3.57. The molecule has 20 heavy (non-hydrogen) atoms. The van der Waals surface area contributed by atoms with E-state index in [1.54, 1.807) is 6.07 Å². The van der Waals surface area contributed by atoms with Crippen LogP contribution in [0.2, 0.25) is 10.3 Å². The zero-order chi connectivity index (χ0) is 14.1. The van der Waals surface area contributed by atoms with Crippen LogP contribution in [-0.2, 0) is 6.54 Å². The average Bonchev–Trinajstić information content (AvgIpc) is 2.44. The lowest BCUT2D eigenvalue weighted by Gasteiger charge is -2.37. The smallest absolute Gasteiger partial charge is 0.135 e. The predicted octanol–water partition coefficient (Wildman–Crippen LogP) is 4.21. The summed E-state index contributed by atoms with van der Waals surface area (Å²) in [7, 11) is 0. The van der Waals surface area contributed by atoms with Gasteiger partial charge in [-0.1, -0.05) is 41.4 Å². The van der Waals surface area contributed by atoms with Crippen LogP contribution in [0.1, 0.15) is 12.5 Å². The fourth-order valence-electron chi connectivity index (χ4n) is 2.46. The summed E-state index contributed by atoms with van der Waals surface area (Å²) < 4.78 is 0. The average molecular weight is 308 g/mol. The number of hydrogen-bond acceptors (Lipinski definition) is 3. The molecule has 2 aromatic rings. The number of anilines is 2. The first-order valence-electron chi connectivity index (χ1n) is 6.55. The van der Waals surface area contributed by atoms with Gasteiger partial charge in [0, 0.05) is 24.7 Å². The van der Waals surface area contributed by atoms with Crippen LogP contribution in [0.25, 0.3) is 0 Å². The van der Waals surface area contributed by atoms with Crippen molar-refractivity contribution in [2.75, 3.05) is 16.8 Å². The van der Waals surface area contributed by atoms with Gasteiger partial charge in [-0.15, -0.1) is 0 Å². The lowest BCUT2D eigenvalue weighted by atomic mass is 10.1. The minimum atomic E-state index is 0.386. The molecule has 0 spiro atoms. The van der Waals surface area contributed by atoms with E-state index in [0.717, 1.165) is 24.3 Å². The van der Waals surface area contributed by atoms with Gasteiger partial charge in [0.15, 0.2) is 0 Å². The van der Waals surface area contributed by atoms with E-state index in [1.165, 1.54) is 5.69 Å². The highest BCUT2D eigenvalue weighted by Gasteiger charge is 2.23. The number of benzene rings is 1. The zero-order valence-electron chi connectivity index (χ0n) is 11.1. The number of para-hydroxylation sites is 2. The molecule has 1 atom stereocenters. The molecule has 3 rings (SSSR count). The molecule has 1 N–H and O–H groups in total. The zero-order valence-corrected chi connectivity index (χ0v) is 12.6. The number of nitrogens with one attached hydrogen (secondary N) is 1. The van der Waals surface area contributed by atoms with Crippen LogP contribution >= 0.6 is 23.2 Å². The van der Waals surface area contributed by atoms with Gasteiger partial charge < -0.3 is 10.2 Å². The highest BCUT2D eigenvalue weighted by atomic mass is 35.5. The minimum Gasteiger partial charge on any atom is -0.381 e. The van der Waals surface area contributed by atoms with E-state index in [0.29, 0.717) is 16.3 Å². The first kappa shape index (κ1) is 13.5. The number of hydrogen-bond donors (Lipinski definition) is 1. The second-order valence-corrected chi connectivity index (χ2v) is 5.70. The summed E-state index contributed by atoms with van der Waals surface area (Å²) in [4.78, 5) is 6.44. The van der Waals surface area contributed by atoms with Crippen LogP contribution in [0.5, 0.6) is 0 Å². The van der Waals surface area contributed by atoms with E-state index in [1.807, 2.05) is 18.2 Å². The molecule has 0 saturated heterocycles. The Hall–Kier alpha value is -1.45. The molecule has 3 nitrogen and oxygen atoms in total. The quantitative estimate of drug-likeness (QED) is 0.842. The molecular weight excluding hydrogens is 293 g/mol. The Balaban J connectivity index is 1.93. The van der Waals surface area contributed by atoms with Crippen molar-refractivity contribution in [3.63, 3.8) is 0 Å². The number of nitrogens with zero attached hydrogens (tertiary/aromatic N) is 2. The van der Waals surface area contributed by atoms with Crippen molar-refractivity contribution in [2.24, 2.45) is 0 Å². The molecule has 1 unspecified atom stereocenters. The first-order valence-corrected chi connectivity index (χ1v) is 7.31. The highest BCUT2D eigenvalue weighted by molar-refractivity contribution is 6.32. The van der Waals surface area contributed by atoms with E-state index in [9.17, 15) is 0 Å². The fourth-order valence-corrected chi connectivity index (χ4v) is 2.87. The van der Waals surface area contributed by atoms with Crippen molar-refractivity contribution < 1.29 is 0 Å². The molecule has 5 heteroatoms. The summed E-state index contributed by atoms with van der Waals surface area (Å²) in [6.07, 6.45) is 0. The van der Waals surface area contributed by atoms with Crippen molar-refractivity contribution in [1.29, 1.82) is 0 Å². The predicted molar refractivity (Wildman–Crippen MR) is 84.8 cm³/mol. The van der Waals surface area contributed by atoms with Crippen LogP contribution in [-0.4, -0.2) is 17.6 Å². The Bertz CT molecular complexity index is 630. The molecule has 0 aliphatic carbocycles. The topological polar surface area (TPSA) is 28.2 Å². The maximum absolute atomic E-state index is 6.19. The Morgan fingerprint density at radius 2 is 2.05 bits per heavy atom. The third kappa shape index (κ3) is 2.56. The summed E-state index contributed by atoms with van der Waals surface area (Å²) in [5, 5.41) is 4.34. The van der Waals surface area contributed by atoms with Gasteiger partial charge in [-0.25, -0.2) is 4.98 Å². The summed E-state index contributed by atoms with van der Waals surface area (Å²) in [5.74, 6) is 0. The Morgan fingerprint density at radius 3 is 2.85 bits per heavy atom. The van der Waals surface area contributed by atoms with Gasteiger partial charge in [-0.05, 0) is 25.1 Å².